The van der Waals surface area contributed by atoms with Crippen LogP contribution in [0.15, 0.2) is 231 Å². The number of aromatic nitrogens is 1. The second-order valence-electron chi connectivity index (χ2n) is 14.1. The summed E-state index contributed by atoms with van der Waals surface area (Å²) in [6.07, 6.45) is 0. The van der Waals surface area contributed by atoms with Crippen LogP contribution in [-0.4, -0.2) is 12.6 Å². The number of nitrogens with zero attached hydrogens (tertiary/aromatic N) is 2. The molecule has 0 aliphatic rings. The SMILES string of the molecule is c1ccc(-n2c3ccccc3c3c(N(c4cccc([Si](c5ccccc5)(c5ccccc5)c5ccccc5)c4)c4ccc5ccccc5c4)cccc32)cc1. The van der Waals surface area contributed by atoms with Crippen LogP contribution in [0.5, 0.6) is 0 Å². The first-order valence-corrected chi connectivity index (χ1v) is 20.9. The van der Waals surface area contributed by atoms with Gasteiger partial charge in [0.2, 0.25) is 0 Å². The van der Waals surface area contributed by atoms with E-state index in [4.69, 9.17) is 0 Å². The Hall–Kier alpha value is -6.94. The highest BCUT2D eigenvalue weighted by atomic mass is 28.3. The summed E-state index contributed by atoms with van der Waals surface area (Å²) in [4.78, 5) is 2.49. The number of hydrogen-bond donors (Lipinski definition) is 0. The van der Waals surface area contributed by atoms with E-state index in [2.05, 4.69) is 240 Å². The molecule has 0 amide bonds. The van der Waals surface area contributed by atoms with Gasteiger partial charge in [0.15, 0.2) is 8.07 Å². The van der Waals surface area contributed by atoms with Crippen molar-refractivity contribution in [2.75, 3.05) is 4.90 Å². The van der Waals surface area contributed by atoms with E-state index in [9.17, 15) is 0 Å². The summed E-state index contributed by atoms with van der Waals surface area (Å²) in [6.45, 7) is 0. The zero-order chi connectivity index (χ0) is 36.6. The second kappa shape index (κ2) is 13.8. The molecule has 3 heteroatoms. The fraction of sp³-hybridized carbons (Fsp3) is 0. The van der Waals surface area contributed by atoms with Crippen LogP contribution in [0.25, 0.3) is 38.3 Å². The van der Waals surface area contributed by atoms with Gasteiger partial charge in [0.1, 0.15) is 0 Å². The number of anilines is 3. The van der Waals surface area contributed by atoms with Crippen molar-refractivity contribution in [1.29, 1.82) is 0 Å². The molecule has 0 atom stereocenters. The summed E-state index contributed by atoms with van der Waals surface area (Å²) < 4.78 is 2.40. The highest BCUT2D eigenvalue weighted by Gasteiger charge is 2.41. The van der Waals surface area contributed by atoms with E-state index in [1.165, 1.54) is 53.3 Å². The maximum atomic E-state index is 2.49. The average molecular weight is 719 g/mol. The average Bonchev–Trinajstić information content (AvgIpc) is 3.61. The van der Waals surface area contributed by atoms with Crippen LogP contribution in [0, 0.1) is 0 Å². The van der Waals surface area contributed by atoms with Crippen LogP contribution in [0.1, 0.15) is 0 Å². The van der Waals surface area contributed by atoms with Crippen LogP contribution >= 0.6 is 0 Å². The molecule has 0 bridgehead atoms. The molecular formula is C52H38N2Si. The van der Waals surface area contributed by atoms with Gasteiger partial charge in [0.05, 0.1) is 16.7 Å². The maximum absolute atomic E-state index is 2.79. The van der Waals surface area contributed by atoms with E-state index < -0.39 is 8.07 Å². The Morgan fingerprint density at radius 1 is 0.345 bits per heavy atom. The molecule has 0 saturated carbocycles. The zero-order valence-corrected chi connectivity index (χ0v) is 31.3. The van der Waals surface area contributed by atoms with Crippen molar-refractivity contribution in [3.63, 3.8) is 0 Å². The lowest BCUT2D eigenvalue weighted by Gasteiger charge is -2.35. The van der Waals surface area contributed by atoms with Gasteiger partial charge in [-0.1, -0.05) is 176 Å². The van der Waals surface area contributed by atoms with Crippen molar-refractivity contribution < 1.29 is 0 Å². The molecule has 2 nitrogen and oxygen atoms in total. The van der Waals surface area contributed by atoms with Gasteiger partial charge >= 0.3 is 0 Å². The maximum Gasteiger partial charge on any atom is 0.179 e. The van der Waals surface area contributed by atoms with E-state index in [0.717, 1.165) is 22.7 Å². The predicted molar refractivity (Wildman–Crippen MR) is 237 cm³/mol. The Labute approximate surface area is 322 Å². The third-order valence-corrected chi connectivity index (χ3v) is 15.9. The van der Waals surface area contributed by atoms with Gasteiger partial charge in [0.25, 0.3) is 0 Å². The number of fused-ring (bicyclic) bond motifs is 4. The Morgan fingerprint density at radius 2 is 0.855 bits per heavy atom. The molecule has 0 N–H and O–H groups in total. The summed E-state index contributed by atoms with van der Waals surface area (Å²) in [5.74, 6) is 0. The molecule has 0 fully saturated rings. The third kappa shape index (κ3) is 5.48. The van der Waals surface area contributed by atoms with Gasteiger partial charge in [-0.15, -0.1) is 0 Å². The summed E-state index contributed by atoms with van der Waals surface area (Å²) >= 11 is 0. The lowest BCUT2D eigenvalue weighted by Crippen LogP contribution is -2.74. The van der Waals surface area contributed by atoms with E-state index >= 15 is 0 Å². The van der Waals surface area contributed by atoms with Crippen molar-refractivity contribution in [3.8, 4) is 5.69 Å². The normalized spacial score (nSPS) is 11.6. The van der Waals surface area contributed by atoms with Crippen LogP contribution in [0.3, 0.4) is 0 Å². The van der Waals surface area contributed by atoms with Gasteiger partial charge < -0.3 is 9.47 Å². The highest BCUT2D eigenvalue weighted by molar-refractivity contribution is 7.19. The first-order valence-electron chi connectivity index (χ1n) is 18.9. The smallest absolute Gasteiger partial charge is 0.179 e. The van der Waals surface area contributed by atoms with Gasteiger partial charge in [-0.3, -0.25) is 0 Å². The molecule has 0 aliphatic heterocycles. The van der Waals surface area contributed by atoms with E-state index in [1.807, 2.05) is 0 Å². The molecule has 0 radical (unpaired) electrons. The van der Waals surface area contributed by atoms with Crippen molar-refractivity contribution in [2.24, 2.45) is 0 Å². The molecular weight excluding hydrogens is 681 g/mol. The Bertz CT molecular complexity index is 2820. The molecule has 55 heavy (non-hydrogen) atoms. The molecule has 1 aromatic heterocycles. The number of hydrogen-bond acceptors (Lipinski definition) is 1. The van der Waals surface area contributed by atoms with E-state index in [0.29, 0.717) is 0 Å². The fourth-order valence-corrected chi connectivity index (χ4v) is 13.5. The zero-order valence-electron chi connectivity index (χ0n) is 30.3. The molecule has 1 heterocycles. The first-order chi connectivity index (χ1) is 27.3. The number of benzene rings is 9. The lowest BCUT2D eigenvalue weighted by molar-refractivity contribution is 1.18. The molecule has 0 saturated heterocycles. The number of para-hydroxylation sites is 2. The topological polar surface area (TPSA) is 8.17 Å². The molecule has 9 aromatic carbocycles. The standard InChI is InChI=1S/C52H38N2Si/c1-5-21-41(22-6-1)54-49-32-16-15-31-48(49)52-50(33-18-34-51(52)54)53(43-36-35-39-19-13-14-20-40(39)37-43)42-23-17-30-47(38-42)55(44-24-7-2-8-25-44,45-26-9-3-10-27-45)46-28-11-4-12-29-46/h1-38H. The molecule has 10 aromatic rings. The summed E-state index contributed by atoms with van der Waals surface area (Å²) in [5, 5.41) is 10.3. The van der Waals surface area contributed by atoms with E-state index in [-0.39, 0.29) is 0 Å². The molecule has 0 spiro atoms. The lowest BCUT2D eigenvalue weighted by atomic mass is 10.1. The minimum atomic E-state index is -2.79. The summed E-state index contributed by atoms with van der Waals surface area (Å²) in [6, 6.07) is 84.8. The van der Waals surface area contributed by atoms with Crippen LogP contribution < -0.4 is 25.6 Å². The fourth-order valence-electron chi connectivity index (χ4n) is 8.73. The van der Waals surface area contributed by atoms with Gasteiger partial charge in [-0.2, -0.15) is 0 Å². The third-order valence-electron chi connectivity index (χ3n) is 11.1. The predicted octanol–water partition coefficient (Wildman–Crippen LogP) is 10.8. The van der Waals surface area contributed by atoms with Gasteiger partial charge in [-0.05, 0) is 86.1 Å². The quantitative estimate of drug-likeness (QED) is 0.112. The van der Waals surface area contributed by atoms with Gasteiger partial charge in [-0.25, -0.2) is 0 Å². The highest BCUT2D eigenvalue weighted by Crippen LogP contribution is 2.44. The second-order valence-corrected chi connectivity index (χ2v) is 17.9. The summed E-state index contributed by atoms with van der Waals surface area (Å²) in [5.41, 5.74) is 6.89. The minimum absolute atomic E-state index is 1.12. The number of rotatable bonds is 8. The minimum Gasteiger partial charge on any atom is -0.310 e. The molecule has 10 rings (SSSR count). The Kier molecular flexibility index (Phi) is 8.20. The Balaban J connectivity index is 1.29. The van der Waals surface area contributed by atoms with Crippen molar-refractivity contribution in [1.82, 2.24) is 4.57 Å². The Morgan fingerprint density at radius 3 is 1.53 bits per heavy atom. The van der Waals surface area contributed by atoms with Crippen molar-refractivity contribution >= 4 is 78.5 Å². The van der Waals surface area contributed by atoms with E-state index in [1.54, 1.807) is 0 Å². The molecule has 0 aliphatic carbocycles. The van der Waals surface area contributed by atoms with Gasteiger partial charge in [0, 0.05) is 27.8 Å². The molecule has 0 unspecified atom stereocenters. The first kappa shape index (κ1) is 32.7. The molecule has 260 valence electrons. The van der Waals surface area contributed by atoms with Crippen LogP contribution in [0.4, 0.5) is 17.1 Å². The van der Waals surface area contributed by atoms with Crippen LogP contribution in [-0.2, 0) is 0 Å². The van der Waals surface area contributed by atoms with Crippen LogP contribution in [0.2, 0.25) is 0 Å². The largest absolute Gasteiger partial charge is 0.310 e. The summed E-state index contributed by atoms with van der Waals surface area (Å²) in [7, 11) is -2.79. The van der Waals surface area contributed by atoms with Crippen molar-refractivity contribution in [3.05, 3.63) is 231 Å². The van der Waals surface area contributed by atoms with Crippen molar-refractivity contribution in [2.45, 2.75) is 0 Å². The monoisotopic (exact) mass is 718 g/mol.